The third-order valence-corrected chi connectivity index (χ3v) is 3.22. The molecule has 4 N–H and O–H groups in total. The van der Waals surface area contributed by atoms with Gasteiger partial charge in [0, 0.05) is 12.6 Å². The van der Waals surface area contributed by atoms with E-state index in [1.165, 1.54) is 19.7 Å². The van der Waals surface area contributed by atoms with Crippen LogP contribution in [0.2, 0.25) is 5.02 Å². The Bertz CT molecular complexity index is 784. The number of oxime groups is 1. The van der Waals surface area contributed by atoms with Gasteiger partial charge < -0.3 is 25.9 Å². The maximum Gasteiger partial charge on any atom is 0.319 e. The molecule has 0 atom stereocenters. The molecule has 0 aliphatic rings. The fourth-order valence-corrected chi connectivity index (χ4v) is 2.02. The lowest BCUT2D eigenvalue weighted by atomic mass is 10.3. The maximum absolute atomic E-state index is 11.6. The molecular formula is C15H17ClN6O3. The van der Waals surface area contributed by atoms with E-state index in [0.29, 0.717) is 28.6 Å². The smallest absolute Gasteiger partial charge is 0.319 e. The van der Waals surface area contributed by atoms with Gasteiger partial charge in [-0.05, 0) is 19.1 Å². The minimum atomic E-state index is -0.347. The van der Waals surface area contributed by atoms with E-state index < -0.39 is 0 Å². The zero-order valence-electron chi connectivity index (χ0n) is 13.6. The Morgan fingerprint density at radius 2 is 2.24 bits per heavy atom. The molecule has 0 aliphatic heterocycles. The molecule has 2 aromatic rings. The van der Waals surface area contributed by atoms with Crippen molar-refractivity contribution in [1.82, 2.24) is 15.3 Å². The van der Waals surface area contributed by atoms with Crippen molar-refractivity contribution in [3.63, 3.8) is 0 Å². The lowest BCUT2D eigenvalue weighted by Crippen LogP contribution is -2.28. The van der Waals surface area contributed by atoms with E-state index in [2.05, 4.69) is 30.6 Å². The van der Waals surface area contributed by atoms with Crippen molar-refractivity contribution in [3.05, 3.63) is 35.1 Å². The first-order valence-electron chi connectivity index (χ1n) is 7.24. The summed E-state index contributed by atoms with van der Waals surface area (Å²) >= 11 is 6.17. The summed E-state index contributed by atoms with van der Waals surface area (Å²) in [5.41, 5.74) is 6.61. The second-order valence-electron chi connectivity index (χ2n) is 4.62. The molecule has 1 aromatic carbocycles. The molecule has 2 rings (SSSR count). The molecule has 0 unspecified atom stereocenters. The maximum atomic E-state index is 11.6. The number of rotatable bonds is 6. The first-order chi connectivity index (χ1) is 12.0. The Morgan fingerprint density at radius 3 is 2.92 bits per heavy atom. The number of nitrogens with one attached hydrogen (secondary N) is 2. The third kappa shape index (κ3) is 4.95. The molecule has 0 fully saturated rings. The molecule has 0 saturated heterocycles. The Morgan fingerprint density at radius 1 is 1.44 bits per heavy atom. The highest BCUT2D eigenvalue weighted by Crippen LogP contribution is 2.30. The Labute approximate surface area is 149 Å². The van der Waals surface area contributed by atoms with Crippen LogP contribution in [0, 0.1) is 0 Å². The van der Waals surface area contributed by atoms with Gasteiger partial charge in [0.05, 0.1) is 16.9 Å². The number of hydrogen-bond donors (Lipinski definition) is 3. The highest BCUT2D eigenvalue weighted by molar-refractivity contribution is 6.33. The molecule has 2 amide bonds. The number of anilines is 2. The Hall–Kier alpha value is -3.07. The van der Waals surface area contributed by atoms with Gasteiger partial charge in [0.2, 0.25) is 5.88 Å². The quantitative estimate of drug-likeness (QED) is 0.534. The summed E-state index contributed by atoms with van der Waals surface area (Å²) in [7, 11) is 1.40. The topological polar surface area (TPSA) is 124 Å². The molecule has 25 heavy (non-hydrogen) atoms. The van der Waals surface area contributed by atoms with E-state index in [-0.39, 0.29) is 17.7 Å². The number of urea groups is 1. The number of carbonyl (C=O) groups excluding carboxylic acids is 1. The van der Waals surface area contributed by atoms with E-state index in [9.17, 15) is 4.79 Å². The molecule has 0 radical (unpaired) electrons. The summed E-state index contributed by atoms with van der Waals surface area (Å²) in [6.45, 7) is 2.32. The van der Waals surface area contributed by atoms with E-state index in [1.807, 2.05) is 6.92 Å². The van der Waals surface area contributed by atoms with Gasteiger partial charge in [0.15, 0.2) is 0 Å². The second-order valence-corrected chi connectivity index (χ2v) is 5.03. The lowest BCUT2D eigenvalue weighted by molar-refractivity contribution is 0.215. The van der Waals surface area contributed by atoms with Crippen molar-refractivity contribution >= 4 is 35.4 Å². The van der Waals surface area contributed by atoms with Crippen LogP contribution in [0.25, 0.3) is 0 Å². The fourth-order valence-electron chi connectivity index (χ4n) is 1.80. The molecule has 0 aliphatic carbocycles. The summed E-state index contributed by atoms with van der Waals surface area (Å²) in [4.78, 5) is 24.1. The normalized spacial score (nSPS) is 10.5. The van der Waals surface area contributed by atoms with Crippen molar-refractivity contribution in [1.29, 1.82) is 0 Å². The predicted octanol–water partition coefficient (Wildman–Crippen LogP) is 2.63. The molecule has 0 saturated carbocycles. The average Bonchev–Trinajstić information content (AvgIpc) is 2.57. The summed E-state index contributed by atoms with van der Waals surface area (Å²) in [6, 6.07) is 4.43. The number of nitrogen functional groups attached to an aromatic ring is 1. The fraction of sp³-hybridized carbons (Fsp3) is 0.200. The van der Waals surface area contributed by atoms with Crippen molar-refractivity contribution in [3.8, 4) is 11.6 Å². The van der Waals surface area contributed by atoms with Crippen LogP contribution in [0.15, 0.2) is 29.7 Å². The van der Waals surface area contributed by atoms with E-state index >= 15 is 0 Å². The van der Waals surface area contributed by atoms with Gasteiger partial charge in [-0.1, -0.05) is 16.8 Å². The number of amides is 2. The number of ether oxygens (including phenoxy) is 1. The van der Waals surface area contributed by atoms with Gasteiger partial charge in [-0.15, -0.1) is 0 Å². The van der Waals surface area contributed by atoms with Crippen LogP contribution < -0.4 is 21.1 Å². The standard InChI is InChI=1S/C15H17ClN6O3/c1-3-18-15(23)22-12-5-4-9(6-11(12)16)25-14-10(7-21-24-2)13(17)19-8-20-14/h4-8H,3H2,1-2H3,(H2,17,19,20)(H2,18,22,23)/b21-7-. The zero-order valence-corrected chi connectivity index (χ0v) is 14.4. The summed E-state index contributed by atoms with van der Waals surface area (Å²) < 4.78 is 5.68. The van der Waals surface area contributed by atoms with Crippen molar-refractivity contribution < 1.29 is 14.4 Å². The number of nitrogens with two attached hydrogens (primary N) is 1. The first kappa shape index (κ1) is 18.3. The molecule has 9 nitrogen and oxygen atoms in total. The average molecular weight is 365 g/mol. The molecule has 0 spiro atoms. The first-order valence-corrected chi connectivity index (χ1v) is 7.62. The van der Waals surface area contributed by atoms with Crippen LogP contribution in [0.3, 0.4) is 0 Å². The highest BCUT2D eigenvalue weighted by Gasteiger charge is 2.12. The number of nitrogens with zero attached hydrogens (tertiary/aromatic N) is 3. The number of benzene rings is 1. The summed E-state index contributed by atoms with van der Waals surface area (Å²) in [5.74, 6) is 0.775. The van der Waals surface area contributed by atoms with Crippen molar-refractivity contribution in [2.75, 3.05) is 24.7 Å². The lowest BCUT2D eigenvalue weighted by Gasteiger charge is -2.11. The monoisotopic (exact) mass is 364 g/mol. The third-order valence-electron chi connectivity index (χ3n) is 2.91. The van der Waals surface area contributed by atoms with E-state index in [1.54, 1.807) is 18.2 Å². The minimum Gasteiger partial charge on any atom is -0.438 e. The van der Waals surface area contributed by atoms with Crippen LogP contribution in [-0.4, -0.2) is 35.9 Å². The molecular weight excluding hydrogens is 348 g/mol. The van der Waals surface area contributed by atoms with Crippen molar-refractivity contribution in [2.24, 2.45) is 5.16 Å². The van der Waals surface area contributed by atoms with Gasteiger partial charge in [0.1, 0.15) is 30.6 Å². The van der Waals surface area contributed by atoms with Gasteiger partial charge in [-0.25, -0.2) is 14.8 Å². The molecule has 1 aromatic heterocycles. The number of hydrogen-bond acceptors (Lipinski definition) is 7. The van der Waals surface area contributed by atoms with Crippen LogP contribution in [0.5, 0.6) is 11.6 Å². The Balaban J connectivity index is 2.21. The molecule has 132 valence electrons. The van der Waals surface area contributed by atoms with Crippen LogP contribution in [-0.2, 0) is 4.84 Å². The Kier molecular flexibility index (Phi) is 6.35. The SMILES string of the molecule is CCNC(=O)Nc1ccc(Oc2ncnc(N)c2/C=N\OC)cc1Cl. The zero-order chi connectivity index (χ0) is 18.2. The molecule has 10 heteroatoms. The van der Waals surface area contributed by atoms with Crippen LogP contribution in [0.4, 0.5) is 16.3 Å². The summed E-state index contributed by atoms with van der Waals surface area (Å²) in [5, 5.41) is 9.19. The molecule has 1 heterocycles. The number of halogens is 1. The minimum absolute atomic E-state index is 0.187. The van der Waals surface area contributed by atoms with Gasteiger partial charge in [-0.2, -0.15) is 0 Å². The van der Waals surface area contributed by atoms with Gasteiger partial charge in [-0.3, -0.25) is 0 Å². The number of carbonyl (C=O) groups is 1. The van der Waals surface area contributed by atoms with Crippen LogP contribution >= 0.6 is 11.6 Å². The summed E-state index contributed by atoms with van der Waals surface area (Å²) in [6.07, 6.45) is 2.61. The van der Waals surface area contributed by atoms with Gasteiger partial charge in [0.25, 0.3) is 0 Å². The van der Waals surface area contributed by atoms with Crippen molar-refractivity contribution in [2.45, 2.75) is 6.92 Å². The van der Waals surface area contributed by atoms with E-state index in [4.69, 9.17) is 22.1 Å². The largest absolute Gasteiger partial charge is 0.438 e. The van der Waals surface area contributed by atoms with Crippen LogP contribution in [0.1, 0.15) is 12.5 Å². The van der Waals surface area contributed by atoms with E-state index in [0.717, 1.165) is 0 Å². The number of aromatic nitrogens is 2. The predicted molar refractivity (Wildman–Crippen MR) is 95.3 cm³/mol. The molecule has 0 bridgehead atoms. The second kappa shape index (κ2) is 8.69. The highest BCUT2D eigenvalue weighted by atomic mass is 35.5. The van der Waals surface area contributed by atoms with Gasteiger partial charge >= 0.3 is 6.03 Å².